The maximum Gasteiger partial charge on any atom is 0.306 e. The third-order valence-electron chi connectivity index (χ3n) is 5.12. The summed E-state index contributed by atoms with van der Waals surface area (Å²) in [5, 5.41) is 2.99. The zero-order chi connectivity index (χ0) is 19.1. The molecule has 1 aromatic heterocycles. The standard InChI is InChI=1S/C20H29N3O3/c1-5-26-19(24)8-15-7-18(13(2)3)16(6-14(15)4)11-23-20(25)17-9-21-12-22-10-17/h6,9-10,12-13,15-16,18H,5,7-8,11H2,1-4H3,(H,23,25)/t15-,16+,18+/m1/s1. The monoisotopic (exact) mass is 359 g/mol. The molecule has 1 N–H and O–H groups in total. The Morgan fingerprint density at radius 1 is 1.31 bits per heavy atom. The molecular weight excluding hydrogens is 330 g/mol. The zero-order valence-corrected chi connectivity index (χ0v) is 16.1. The first kappa shape index (κ1) is 20.1. The predicted octanol–water partition coefficient (Wildman–Crippen LogP) is 3.01. The van der Waals surface area contributed by atoms with E-state index in [0.29, 0.717) is 37.0 Å². The fourth-order valence-electron chi connectivity index (χ4n) is 3.66. The van der Waals surface area contributed by atoms with Crippen molar-refractivity contribution < 1.29 is 14.3 Å². The van der Waals surface area contributed by atoms with Gasteiger partial charge in [0, 0.05) is 18.9 Å². The lowest BCUT2D eigenvalue weighted by atomic mass is 9.70. The van der Waals surface area contributed by atoms with Crippen molar-refractivity contribution in [3.05, 3.63) is 35.9 Å². The van der Waals surface area contributed by atoms with Gasteiger partial charge in [0.25, 0.3) is 5.91 Å². The fraction of sp³-hybridized carbons (Fsp3) is 0.600. The zero-order valence-electron chi connectivity index (χ0n) is 16.1. The highest BCUT2D eigenvalue weighted by atomic mass is 16.5. The van der Waals surface area contributed by atoms with Gasteiger partial charge in [-0.25, -0.2) is 9.97 Å². The summed E-state index contributed by atoms with van der Waals surface area (Å²) in [6.07, 6.45) is 8.02. The normalized spacial score (nSPS) is 22.7. The molecular formula is C20H29N3O3. The maximum absolute atomic E-state index is 12.3. The van der Waals surface area contributed by atoms with Gasteiger partial charge < -0.3 is 10.1 Å². The van der Waals surface area contributed by atoms with Crippen molar-refractivity contribution in [3.63, 3.8) is 0 Å². The Kier molecular flexibility index (Phi) is 7.30. The summed E-state index contributed by atoms with van der Waals surface area (Å²) >= 11 is 0. The number of esters is 1. The molecule has 0 saturated carbocycles. The molecule has 1 aliphatic rings. The molecule has 142 valence electrons. The lowest BCUT2D eigenvalue weighted by molar-refractivity contribution is -0.144. The molecule has 0 spiro atoms. The smallest absolute Gasteiger partial charge is 0.306 e. The first-order chi connectivity index (χ1) is 12.4. The number of nitrogens with one attached hydrogen (secondary N) is 1. The summed E-state index contributed by atoms with van der Waals surface area (Å²) in [4.78, 5) is 31.9. The topological polar surface area (TPSA) is 81.2 Å². The Morgan fingerprint density at radius 2 is 2.00 bits per heavy atom. The van der Waals surface area contributed by atoms with E-state index in [1.807, 2.05) is 6.92 Å². The average Bonchev–Trinajstić information content (AvgIpc) is 2.62. The molecule has 0 bridgehead atoms. The van der Waals surface area contributed by atoms with Crippen LogP contribution in [0.15, 0.2) is 30.4 Å². The van der Waals surface area contributed by atoms with Crippen molar-refractivity contribution in [2.45, 2.75) is 40.5 Å². The molecule has 1 aliphatic carbocycles. The van der Waals surface area contributed by atoms with E-state index < -0.39 is 0 Å². The van der Waals surface area contributed by atoms with Crippen LogP contribution in [0.1, 0.15) is 50.9 Å². The molecule has 2 rings (SSSR count). The Labute approximate surface area is 155 Å². The number of amides is 1. The summed E-state index contributed by atoms with van der Waals surface area (Å²) in [6.45, 7) is 9.27. The van der Waals surface area contributed by atoms with Crippen molar-refractivity contribution >= 4 is 11.9 Å². The van der Waals surface area contributed by atoms with E-state index in [2.05, 4.69) is 42.1 Å². The van der Waals surface area contributed by atoms with Crippen molar-refractivity contribution in [3.8, 4) is 0 Å². The number of hydrogen-bond acceptors (Lipinski definition) is 5. The molecule has 0 unspecified atom stereocenters. The van der Waals surface area contributed by atoms with Crippen LogP contribution in [-0.2, 0) is 9.53 Å². The van der Waals surface area contributed by atoms with Crippen LogP contribution in [0.2, 0.25) is 0 Å². The molecule has 0 fully saturated rings. The highest BCUT2D eigenvalue weighted by molar-refractivity contribution is 5.93. The fourth-order valence-corrected chi connectivity index (χ4v) is 3.66. The van der Waals surface area contributed by atoms with Crippen LogP contribution >= 0.6 is 0 Å². The summed E-state index contributed by atoms with van der Waals surface area (Å²) in [7, 11) is 0. The quantitative estimate of drug-likeness (QED) is 0.598. The molecule has 0 aromatic carbocycles. The average molecular weight is 359 g/mol. The third kappa shape index (κ3) is 5.38. The Bertz CT molecular complexity index is 643. The Morgan fingerprint density at radius 3 is 2.62 bits per heavy atom. The van der Waals surface area contributed by atoms with E-state index in [1.54, 1.807) is 0 Å². The van der Waals surface area contributed by atoms with Crippen LogP contribution in [0, 0.1) is 23.7 Å². The van der Waals surface area contributed by atoms with Crippen molar-refractivity contribution in [2.24, 2.45) is 23.7 Å². The molecule has 0 saturated heterocycles. The molecule has 26 heavy (non-hydrogen) atoms. The van der Waals surface area contributed by atoms with E-state index in [0.717, 1.165) is 6.42 Å². The van der Waals surface area contributed by atoms with Gasteiger partial charge in [-0.3, -0.25) is 9.59 Å². The molecule has 1 amide bonds. The SMILES string of the molecule is CCOC(=O)C[C@H]1C[C@@H](C(C)C)[C@H](CNC(=O)c2cncnc2)C=C1C. The molecule has 0 radical (unpaired) electrons. The van der Waals surface area contributed by atoms with E-state index in [1.165, 1.54) is 24.3 Å². The number of allylic oxidation sites excluding steroid dienone is 1. The van der Waals surface area contributed by atoms with Crippen molar-refractivity contribution in [1.29, 1.82) is 0 Å². The Balaban J connectivity index is 2.03. The third-order valence-corrected chi connectivity index (χ3v) is 5.12. The predicted molar refractivity (Wildman–Crippen MR) is 99.3 cm³/mol. The minimum atomic E-state index is -0.159. The van der Waals surface area contributed by atoms with Gasteiger partial charge in [-0.05, 0) is 43.9 Å². The molecule has 6 nitrogen and oxygen atoms in total. The number of carbonyl (C=O) groups is 2. The van der Waals surface area contributed by atoms with Gasteiger partial charge in [-0.15, -0.1) is 0 Å². The van der Waals surface area contributed by atoms with Crippen molar-refractivity contribution in [1.82, 2.24) is 15.3 Å². The minimum absolute atomic E-state index is 0.136. The molecule has 6 heteroatoms. The van der Waals surface area contributed by atoms with E-state index >= 15 is 0 Å². The number of nitrogens with zero attached hydrogens (tertiary/aromatic N) is 2. The maximum atomic E-state index is 12.3. The van der Waals surface area contributed by atoms with Crippen LogP contribution < -0.4 is 5.32 Å². The minimum Gasteiger partial charge on any atom is -0.466 e. The first-order valence-corrected chi connectivity index (χ1v) is 9.29. The van der Waals surface area contributed by atoms with Gasteiger partial charge in [0.1, 0.15) is 6.33 Å². The number of ether oxygens (including phenoxy) is 1. The van der Waals surface area contributed by atoms with Gasteiger partial charge in [-0.1, -0.05) is 25.5 Å². The van der Waals surface area contributed by atoms with E-state index in [9.17, 15) is 9.59 Å². The highest BCUT2D eigenvalue weighted by Crippen LogP contribution is 2.38. The second kappa shape index (κ2) is 9.46. The van der Waals surface area contributed by atoms with Gasteiger partial charge in [0.05, 0.1) is 18.6 Å². The van der Waals surface area contributed by atoms with E-state index in [-0.39, 0.29) is 23.7 Å². The van der Waals surface area contributed by atoms with Crippen LogP contribution in [0.4, 0.5) is 0 Å². The lowest BCUT2D eigenvalue weighted by Gasteiger charge is -2.37. The second-order valence-corrected chi connectivity index (χ2v) is 7.26. The molecule has 1 heterocycles. The summed E-state index contributed by atoms with van der Waals surface area (Å²) in [6, 6.07) is 0. The first-order valence-electron chi connectivity index (χ1n) is 9.29. The number of carbonyl (C=O) groups excluding carboxylic acids is 2. The summed E-state index contributed by atoms with van der Waals surface area (Å²) in [5.74, 6) is 1.05. The van der Waals surface area contributed by atoms with Gasteiger partial charge in [0.2, 0.25) is 0 Å². The summed E-state index contributed by atoms with van der Waals surface area (Å²) < 4.78 is 5.11. The second-order valence-electron chi connectivity index (χ2n) is 7.26. The highest BCUT2D eigenvalue weighted by Gasteiger charge is 2.33. The summed E-state index contributed by atoms with van der Waals surface area (Å²) in [5.41, 5.74) is 1.67. The Hall–Kier alpha value is -2.24. The number of rotatable bonds is 7. The van der Waals surface area contributed by atoms with Crippen molar-refractivity contribution in [2.75, 3.05) is 13.2 Å². The van der Waals surface area contributed by atoms with Crippen LogP contribution in [0.25, 0.3) is 0 Å². The van der Waals surface area contributed by atoms with Crippen LogP contribution in [0.5, 0.6) is 0 Å². The van der Waals surface area contributed by atoms with Crippen LogP contribution in [-0.4, -0.2) is 35.0 Å². The van der Waals surface area contributed by atoms with Gasteiger partial charge in [0.15, 0.2) is 0 Å². The molecule has 1 aromatic rings. The largest absolute Gasteiger partial charge is 0.466 e. The molecule has 0 aliphatic heterocycles. The number of hydrogen-bond donors (Lipinski definition) is 1. The number of aromatic nitrogens is 2. The van der Waals surface area contributed by atoms with E-state index in [4.69, 9.17) is 4.74 Å². The van der Waals surface area contributed by atoms with Gasteiger partial charge >= 0.3 is 5.97 Å². The molecule has 3 atom stereocenters. The van der Waals surface area contributed by atoms with Crippen LogP contribution in [0.3, 0.4) is 0 Å². The lowest BCUT2D eigenvalue weighted by Crippen LogP contribution is -2.37. The van der Waals surface area contributed by atoms with Gasteiger partial charge in [-0.2, -0.15) is 0 Å².